The van der Waals surface area contributed by atoms with Crippen molar-refractivity contribution in [3.63, 3.8) is 0 Å². The van der Waals surface area contributed by atoms with Gasteiger partial charge in [-0.15, -0.1) is 0 Å². The monoisotopic (exact) mass is 356 g/mol. The summed E-state index contributed by atoms with van der Waals surface area (Å²) in [5.41, 5.74) is 3.57. The van der Waals surface area contributed by atoms with Crippen molar-refractivity contribution in [3.05, 3.63) is 58.8 Å². The summed E-state index contributed by atoms with van der Waals surface area (Å²) in [7, 11) is 1.69. The van der Waals surface area contributed by atoms with Gasteiger partial charge in [-0.25, -0.2) is 9.78 Å². The zero-order chi connectivity index (χ0) is 19.1. The fourth-order valence-electron chi connectivity index (χ4n) is 2.48. The van der Waals surface area contributed by atoms with Gasteiger partial charge < -0.3 is 14.4 Å². The summed E-state index contributed by atoms with van der Waals surface area (Å²) in [5.74, 6) is -0.703. The first-order valence-electron chi connectivity index (χ1n) is 8.47. The maximum atomic E-state index is 12.3. The molecule has 2 rings (SSSR count). The molecule has 0 aliphatic heterocycles. The standard InChI is InChI=1S/C20H24N2O4/c1-5-25-19-17(7-6-10-21-19)20(24)26-13-18(23)22(4)12-16-9-8-14(2)11-15(16)3/h6-11H,5,12-13H2,1-4H3. The molecule has 1 aromatic heterocycles. The first kappa shape index (κ1) is 19.4. The highest BCUT2D eigenvalue weighted by Crippen LogP contribution is 2.16. The highest BCUT2D eigenvalue weighted by molar-refractivity contribution is 5.93. The van der Waals surface area contributed by atoms with Crippen molar-refractivity contribution in [3.8, 4) is 5.88 Å². The lowest BCUT2D eigenvalue weighted by atomic mass is 10.1. The highest BCUT2D eigenvalue weighted by atomic mass is 16.5. The molecule has 0 aliphatic rings. The van der Waals surface area contributed by atoms with Gasteiger partial charge in [0.25, 0.3) is 5.91 Å². The molecule has 0 unspecified atom stereocenters. The van der Waals surface area contributed by atoms with Crippen molar-refractivity contribution in [2.45, 2.75) is 27.3 Å². The van der Waals surface area contributed by atoms with Gasteiger partial charge in [0.1, 0.15) is 5.56 Å². The van der Waals surface area contributed by atoms with Crippen LogP contribution in [0.2, 0.25) is 0 Å². The van der Waals surface area contributed by atoms with Crippen LogP contribution >= 0.6 is 0 Å². The zero-order valence-electron chi connectivity index (χ0n) is 15.6. The molecule has 0 N–H and O–H groups in total. The Balaban J connectivity index is 1.94. The summed E-state index contributed by atoms with van der Waals surface area (Å²) >= 11 is 0. The van der Waals surface area contributed by atoms with Crippen LogP contribution in [0.4, 0.5) is 0 Å². The number of ether oxygens (including phenoxy) is 2. The third-order valence-corrected chi connectivity index (χ3v) is 3.93. The first-order chi connectivity index (χ1) is 12.4. The molecule has 0 bridgehead atoms. The van der Waals surface area contributed by atoms with Crippen LogP contribution in [0.3, 0.4) is 0 Å². The fraction of sp³-hybridized carbons (Fsp3) is 0.350. The van der Waals surface area contributed by atoms with Gasteiger partial charge in [0.15, 0.2) is 6.61 Å². The fourth-order valence-corrected chi connectivity index (χ4v) is 2.48. The van der Waals surface area contributed by atoms with Crippen molar-refractivity contribution < 1.29 is 19.1 Å². The maximum Gasteiger partial charge on any atom is 0.344 e. The topological polar surface area (TPSA) is 68.7 Å². The average Bonchev–Trinajstić information content (AvgIpc) is 2.62. The molecule has 6 nitrogen and oxygen atoms in total. The lowest BCUT2D eigenvalue weighted by Crippen LogP contribution is -2.31. The van der Waals surface area contributed by atoms with Gasteiger partial charge in [0.05, 0.1) is 6.61 Å². The van der Waals surface area contributed by atoms with E-state index >= 15 is 0 Å². The van der Waals surface area contributed by atoms with Gasteiger partial charge in [-0.2, -0.15) is 0 Å². The number of hydrogen-bond acceptors (Lipinski definition) is 5. The SMILES string of the molecule is CCOc1ncccc1C(=O)OCC(=O)N(C)Cc1ccc(C)cc1C. The third-order valence-electron chi connectivity index (χ3n) is 3.93. The smallest absolute Gasteiger partial charge is 0.344 e. The van der Waals surface area contributed by atoms with E-state index in [1.807, 2.05) is 26.0 Å². The van der Waals surface area contributed by atoms with Crippen molar-refractivity contribution in [1.29, 1.82) is 0 Å². The van der Waals surface area contributed by atoms with Crippen molar-refractivity contribution in [2.24, 2.45) is 0 Å². The normalized spacial score (nSPS) is 10.3. The summed E-state index contributed by atoms with van der Waals surface area (Å²) in [6, 6.07) is 9.27. The predicted octanol–water partition coefficient (Wildman–Crippen LogP) is 2.91. The number of aromatic nitrogens is 1. The average molecular weight is 356 g/mol. The highest BCUT2D eigenvalue weighted by Gasteiger charge is 2.18. The van der Waals surface area contributed by atoms with Crippen LogP contribution < -0.4 is 4.74 Å². The van der Waals surface area contributed by atoms with E-state index in [0.717, 1.165) is 11.1 Å². The van der Waals surface area contributed by atoms with E-state index in [2.05, 4.69) is 11.1 Å². The Hall–Kier alpha value is -2.89. The predicted molar refractivity (Wildman–Crippen MR) is 98.1 cm³/mol. The number of pyridine rings is 1. The molecule has 26 heavy (non-hydrogen) atoms. The summed E-state index contributed by atoms with van der Waals surface area (Å²) in [6.45, 7) is 6.35. The number of benzene rings is 1. The van der Waals surface area contributed by atoms with Crippen LogP contribution in [0.25, 0.3) is 0 Å². The molecule has 138 valence electrons. The van der Waals surface area contributed by atoms with E-state index in [0.29, 0.717) is 13.2 Å². The number of carbonyl (C=O) groups excluding carboxylic acids is 2. The number of amides is 1. The number of hydrogen-bond donors (Lipinski definition) is 0. The quantitative estimate of drug-likeness (QED) is 0.714. The van der Waals surface area contributed by atoms with E-state index in [1.54, 1.807) is 26.1 Å². The molecule has 0 fully saturated rings. The molecular formula is C20H24N2O4. The maximum absolute atomic E-state index is 12.3. The van der Waals surface area contributed by atoms with Crippen LogP contribution in [0.1, 0.15) is 34.0 Å². The molecule has 1 aromatic carbocycles. The molecule has 0 saturated heterocycles. The van der Waals surface area contributed by atoms with Crippen LogP contribution in [-0.2, 0) is 16.1 Å². The minimum absolute atomic E-state index is 0.205. The Bertz CT molecular complexity index is 789. The second-order valence-electron chi connectivity index (χ2n) is 6.05. The summed E-state index contributed by atoms with van der Waals surface area (Å²) in [6.07, 6.45) is 1.53. The molecule has 2 aromatic rings. The Labute approximate surface area is 153 Å². The van der Waals surface area contributed by atoms with E-state index in [-0.39, 0.29) is 24.0 Å². The van der Waals surface area contributed by atoms with Gasteiger partial charge in [0, 0.05) is 19.8 Å². The number of nitrogens with zero attached hydrogens (tertiary/aromatic N) is 2. The first-order valence-corrected chi connectivity index (χ1v) is 8.47. The van der Waals surface area contributed by atoms with Crippen molar-refractivity contribution in [1.82, 2.24) is 9.88 Å². The number of carbonyl (C=O) groups is 2. The second-order valence-corrected chi connectivity index (χ2v) is 6.05. The Morgan fingerprint density at radius 1 is 1.19 bits per heavy atom. The summed E-state index contributed by atoms with van der Waals surface area (Å²) in [5, 5.41) is 0. The van der Waals surface area contributed by atoms with Crippen LogP contribution in [0, 0.1) is 13.8 Å². The number of esters is 1. The van der Waals surface area contributed by atoms with Crippen LogP contribution in [0.5, 0.6) is 5.88 Å². The molecule has 0 aliphatic carbocycles. The largest absolute Gasteiger partial charge is 0.477 e. The van der Waals surface area contributed by atoms with E-state index in [4.69, 9.17) is 9.47 Å². The van der Waals surface area contributed by atoms with E-state index in [1.165, 1.54) is 16.7 Å². The van der Waals surface area contributed by atoms with E-state index in [9.17, 15) is 9.59 Å². The molecule has 1 amide bonds. The molecule has 0 spiro atoms. The van der Waals surface area contributed by atoms with Gasteiger partial charge in [0.2, 0.25) is 5.88 Å². The molecule has 6 heteroatoms. The Morgan fingerprint density at radius 3 is 2.65 bits per heavy atom. The Morgan fingerprint density at radius 2 is 1.96 bits per heavy atom. The zero-order valence-corrected chi connectivity index (χ0v) is 15.6. The lowest BCUT2D eigenvalue weighted by molar-refractivity contribution is -0.133. The molecule has 0 saturated carbocycles. The lowest BCUT2D eigenvalue weighted by Gasteiger charge is -2.19. The van der Waals surface area contributed by atoms with Crippen LogP contribution in [-0.4, -0.2) is 42.0 Å². The molecule has 0 radical (unpaired) electrons. The minimum atomic E-state index is -0.630. The van der Waals surface area contributed by atoms with Gasteiger partial charge in [-0.05, 0) is 44.0 Å². The number of likely N-dealkylation sites (N-methyl/N-ethyl adjacent to an activating group) is 1. The van der Waals surface area contributed by atoms with E-state index < -0.39 is 5.97 Å². The van der Waals surface area contributed by atoms with Gasteiger partial charge >= 0.3 is 5.97 Å². The third kappa shape index (κ3) is 5.05. The molecule has 0 atom stereocenters. The van der Waals surface area contributed by atoms with Crippen molar-refractivity contribution in [2.75, 3.05) is 20.3 Å². The van der Waals surface area contributed by atoms with Crippen molar-refractivity contribution >= 4 is 11.9 Å². The summed E-state index contributed by atoms with van der Waals surface area (Å²) < 4.78 is 10.4. The van der Waals surface area contributed by atoms with Crippen LogP contribution in [0.15, 0.2) is 36.5 Å². The summed E-state index contributed by atoms with van der Waals surface area (Å²) in [4.78, 5) is 30.0. The van der Waals surface area contributed by atoms with Gasteiger partial charge in [-0.1, -0.05) is 23.8 Å². The molecular weight excluding hydrogens is 332 g/mol. The Kier molecular flexibility index (Phi) is 6.72. The number of aryl methyl sites for hydroxylation is 2. The number of rotatable bonds is 7. The minimum Gasteiger partial charge on any atom is -0.477 e. The molecule has 1 heterocycles. The second kappa shape index (κ2) is 8.99. The van der Waals surface area contributed by atoms with Gasteiger partial charge in [-0.3, -0.25) is 4.79 Å².